The van der Waals surface area contributed by atoms with E-state index in [0.29, 0.717) is 34.4 Å². The Labute approximate surface area is 244 Å². The summed E-state index contributed by atoms with van der Waals surface area (Å²) in [5.41, 5.74) is 2.35. The van der Waals surface area contributed by atoms with Crippen molar-refractivity contribution in [3.63, 3.8) is 0 Å². The fourth-order valence-electron chi connectivity index (χ4n) is 4.30. The summed E-state index contributed by atoms with van der Waals surface area (Å²) >= 11 is 8.38. The second kappa shape index (κ2) is 14.0. The minimum atomic E-state index is -1.12. The fraction of sp³-hybridized carbons (Fsp3) is 0.517. The number of allylic oxidation sites excluding steroid dienone is 2. The fourth-order valence-corrected chi connectivity index (χ4v) is 6.73. The van der Waals surface area contributed by atoms with Gasteiger partial charge in [-0.05, 0) is 87.1 Å². The number of hydrogen-bond acceptors (Lipinski definition) is 7. The van der Waals surface area contributed by atoms with E-state index in [-0.39, 0.29) is 5.92 Å². The molecule has 39 heavy (non-hydrogen) atoms. The molecule has 3 unspecified atom stereocenters. The predicted molar refractivity (Wildman–Crippen MR) is 166 cm³/mol. The third kappa shape index (κ3) is 8.46. The number of benzene rings is 1. The normalized spacial score (nSPS) is 19.6. The highest BCUT2D eigenvalue weighted by Gasteiger charge is 2.25. The summed E-state index contributed by atoms with van der Waals surface area (Å²) in [6.45, 7) is 14.3. The molecule has 4 rings (SSSR count). The molecule has 212 valence electrons. The van der Waals surface area contributed by atoms with Crippen molar-refractivity contribution in [1.82, 2.24) is 15.3 Å². The highest BCUT2D eigenvalue weighted by atomic mass is 35.5. The average molecular weight is 590 g/mol. The number of nitrogens with zero attached hydrogens (tertiary/aromatic N) is 2. The van der Waals surface area contributed by atoms with Gasteiger partial charge in [-0.3, -0.25) is 0 Å². The lowest BCUT2D eigenvalue weighted by Crippen LogP contribution is -2.38. The zero-order chi connectivity index (χ0) is 27.9. The maximum Gasteiger partial charge on any atom is 0.223 e. The van der Waals surface area contributed by atoms with Crippen LogP contribution in [0.25, 0.3) is 4.91 Å². The minimum Gasteiger partial charge on any atom is -0.459 e. The van der Waals surface area contributed by atoms with E-state index in [4.69, 9.17) is 21.3 Å². The molecule has 3 atom stereocenters. The van der Waals surface area contributed by atoms with Crippen molar-refractivity contribution < 1.29 is 8.95 Å². The first kappa shape index (κ1) is 29.9. The van der Waals surface area contributed by atoms with Crippen molar-refractivity contribution in [1.29, 1.82) is 0 Å². The van der Waals surface area contributed by atoms with Gasteiger partial charge in [0.15, 0.2) is 0 Å². The van der Waals surface area contributed by atoms with Crippen molar-refractivity contribution in [2.24, 2.45) is 11.8 Å². The summed E-state index contributed by atoms with van der Waals surface area (Å²) < 4.78 is 22.2. The first-order valence-electron chi connectivity index (χ1n) is 13.7. The number of halogens is 1. The standard InChI is InChI=1S/C29H40ClN5O2S2/c1-6-19(4)27(37-25-12-11-23(20(5)26(25)30)35-39(36)17-21-9-10-21)28(38-18(2)3)24-13-15-32-29(34-24)33-22-8-7-14-31-16-22/h11-13,15,19,21-22,31,35H,2,6-10,14,16-17H2,1,3-5H3,(H,32,33,34)/b28-27+. The minimum absolute atomic E-state index is 0.0981. The van der Waals surface area contributed by atoms with E-state index in [1.165, 1.54) is 0 Å². The van der Waals surface area contributed by atoms with Crippen molar-refractivity contribution in [3.8, 4) is 5.75 Å². The van der Waals surface area contributed by atoms with Gasteiger partial charge in [-0.25, -0.2) is 14.2 Å². The molecule has 0 bridgehead atoms. The van der Waals surface area contributed by atoms with Gasteiger partial charge in [-0.1, -0.05) is 43.8 Å². The molecule has 2 heterocycles. The van der Waals surface area contributed by atoms with E-state index in [1.54, 1.807) is 18.0 Å². The summed E-state index contributed by atoms with van der Waals surface area (Å²) in [4.78, 5) is 11.2. The highest BCUT2D eigenvalue weighted by molar-refractivity contribution is 8.11. The van der Waals surface area contributed by atoms with E-state index in [0.717, 1.165) is 77.7 Å². The lowest BCUT2D eigenvalue weighted by Gasteiger charge is -2.24. The molecule has 0 amide bonds. The summed E-state index contributed by atoms with van der Waals surface area (Å²) in [6.07, 6.45) is 7.20. The zero-order valence-electron chi connectivity index (χ0n) is 23.3. The Morgan fingerprint density at radius 3 is 2.79 bits per heavy atom. The van der Waals surface area contributed by atoms with Crippen LogP contribution in [-0.2, 0) is 11.0 Å². The van der Waals surface area contributed by atoms with Crippen molar-refractivity contribution in [3.05, 3.63) is 57.9 Å². The maximum absolute atomic E-state index is 12.5. The Balaban J connectivity index is 1.65. The second-order valence-corrected chi connectivity index (χ2v) is 13.4. The van der Waals surface area contributed by atoms with Gasteiger partial charge in [0.25, 0.3) is 0 Å². The molecule has 2 fully saturated rings. The molecule has 1 aliphatic heterocycles. The number of rotatable bonds is 13. The number of nitrogens with one attached hydrogen (secondary N) is 3. The van der Waals surface area contributed by atoms with Gasteiger partial charge in [0.1, 0.15) is 22.5 Å². The van der Waals surface area contributed by atoms with Crippen LogP contribution in [0.4, 0.5) is 11.6 Å². The molecular formula is C29H40ClN5O2S2. The van der Waals surface area contributed by atoms with Crippen LogP contribution in [0.15, 0.2) is 41.6 Å². The van der Waals surface area contributed by atoms with Crippen LogP contribution in [0, 0.1) is 18.8 Å². The molecule has 7 nitrogen and oxygen atoms in total. The summed E-state index contributed by atoms with van der Waals surface area (Å²) in [5.74, 6) is 3.29. The third-order valence-corrected chi connectivity index (χ3v) is 9.61. The number of piperidine rings is 1. The van der Waals surface area contributed by atoms with E-state index < -0.39 is 11.0 Å². The van der Waals surface area contributed by atoms with Crippen LogP contribution in [0.1, 0.15) is 64.1 Å². The molecule has 2 aromatic rings. The molecule has 1 saturated heterocycles. The molecule has 1 saturated carbocycles. The van der Waals surface area contributed by atoms with E-state index in [2.05, 4.69) is 40.8 Å². The quantitative estimate of drug-likeness (QED) is 0.214. The Morgan fingerprint density at radius 2 is 2.13 bits per heavy atom. The lowest BCUT2D eigenvalue weighted by molar-refractivity contribution is 0.357. The Hall–Kier alpha value is -2.07. The van der Waals surface area contributed by atoms with E-state index in [9.17, 15) is 4.21 Å². The SMILES string of the molecule is C=C(C)S/C(=C(/Oc1ccc(NS(=O)CC2CC2)c(C)c1Cl)C(C)CC)c1ccnc(NC2CCCNC2)n1. The average Bonchev–Trinajstić information content (AvgIpc) is 3.74. The van der Waals surface area contributed by atoms with Crippen LogP contribution in [0.5, 0.6) is 5.75 Å². The van der Waals surface area contributed by atoms with Gasteiger partial charge < -0.3 is 20.1 Å². The molecule has 0 spiro atoms. The van der Waals surface area contributed by atoms with Crippen LogP contribution in [0.3, 0.4) is 0 Å². The van der Waals surface area contributed by atoms with Crippen LogP contribution >= 0.6 is 23.4 Å². The van der Waals surface area contributed by atoms with Crippen molar-refractivity contribution >= 4 is 50.9 Å². The molecule has 1 aromatic heterocycles. The molecule has 1 aromatic carbocycles. The van der Waals surface area contributed by atoms with Gasteiger partial charge >= 0.3 is 0 Å². The van der Waals surface area contributed by atoms with Gasteiger partial charge in [-0.2, -0.15) is 0 Å². The first-order valence-corrected chi connectivity index (χ1v) is 16.3. The van der Waals surface area contributed by atoms with E-state index in [1.807, 2.05) is 32.0 Å². The van der Waals surface area contributed by atoms with Gasteiger partial charge in [0.05, 0.1) is 21.3 Å². The molecule has 3 N–H and O–H groups in total. The summed E-state index contributed by atoms with van der Waals surface area (Å²) in [5, 5.41) is 7.41. The number of anilines is 2. The lowest BCUT2D eigenvalue weighted by atomic mass is 10.1. The number of aromatic nitrogens is 2. The smallest absolute Gasteiger partial charge is 0.223 e. The third-order valence-electron chi connectivity index (χ3n) is 6.96. The second-order valence-electron chi connectivity index (χ2n) is 10.5. The zero-order valence-corrected chi connectivity index (χ0v) is 25.7. The van der Waals surface area contributed by atoms with E-state index >= 15 is 0 Å². The monoisotopic (exact) mass is 589 g/mol. The van der Waals surface area contributed by atoms with Crippen molar-refractivity contribution in [2.75, 3.05) is 28.9 Å². The molecule has 2 aliphatic rings. The molecule has 0 radical (unpaired) electrons. The Bertz CT molecular complexity index is 1230. The number of ether oxygens (including phenoxy) is 1. The summed E-state index contributed by atoms with van der Waals surface area (Å²) in [7, 11) is -1.12. The Kier molecular flexibility index (Phi) is 10.7. The topological polar surface area (TPSA) is 88.2 Å². The van der Waals surface area contributed by atoms with Gasteiger partial charge in [-0.15, -0.1) is 0 Å². The first-order chi connectivity index (χ1) is 18.7. The van der Waals surface area contributed by atoms with Crippen LogP contribution in [-0.4, -0.2) is 39.1 Å². The number of hydrogen-bond donors (Lipinski definition) is 3. The van der Waals surface area contributed by atoms with Crippen molar-refractivity contribution in [2.45, 2.75) is 65.8 Å². The van der Waals surface area contributed by atoms with Gasteiger partial charge in [0.2, 0.25) is 5.95 Å². The highest BCUT2D eigenvalue weighted by Crippen LogP contribution is 2.41. The summed E-state index contributed by atoms with van der Waals surface area (Å²) in [6, 6.07) is 5.95. The van der Waals surface area contributed by atoms with Gasteiger partial charge in [0, 0.05) is 30.5 Å². The predicted octanol–water partition coefficient (Wildman–Crippen LogP) is 7.15. The number of thioether (sulfide) groups is 1. The van der Waals surface area contributed by atoms with Crippen LogP contribution < -0.4 is 20.1 Å². The maximum atomic E-state index is 12.5. The molecular weight excluding hydrogens is 550 g/mol. The molecule has 10 heteroatoms. The molecule has 1 aliphatic carbocycles. The Morgan fingerprint density at radius 1 is 1.33 bits per heavy atom. The largest absolute Gasteiger partial charge is 0.459 e. The van der Waals surface area contributed by atoms with Crippen LogP contribution in [0.2, 0.25) is 5.02 Å².